The first-order chi connectivity index (χ1) is 5.54. The molecule has 0 rings (SSSR count). The minimum Gasteiger partial charge on any atom is -0.388 e. The summed E-state index contributed by atoms with van der Waals surface area (Å²) in [6.45, 7) is 9.27. The van der Waals surface area contributed by atoms with Crippen molar-refractivity contribution in [1.82, 2.24) is 0 Å². The summed E-state index contributed by atoms with van der Waals surface area (Å²) < 4.78 is 0. The van der Waals surface area contributed by atoms with Crippen LogP contribution >= 0.6 is 0 Å². The lowest BCUT2D eigenvalue weighted by molar-refractivity contribution is -0.116. The van der Waals surface area contributed by atoms with Gasteiger partial charge in [-0.1, -0.05) is 33.8 Å². The maximum Gasteiger partial charge on any atom is 0.160 e. The van der Waals surface area contributed by atoms with E-state index in [0.717, 1.165) is 6.42 Å². The van der Waals surface area contributed by atoms with Crippen LogP contribution in [0.25, 0.3) is 0 Å². The Hall–Kier alpha value is -0.630. The molecular formula is C10H18O2. The lowest BCUT2D eigenvalue weighted by Crippen LogP contribution is -2.23. The molecular weight excluding hydrogens is 152 g/mol. The molecule has 0 saturated heterocycles. The standard InChI is InChI=1S/C10H18O2/c1-5-7(3)10(12)8(4)9(11)6-2/h7,10,12H,4-6H2,1-3H3/t7-,10?/m0/s1. The molecule has 2 atom stereocenters. The van der Waals surface area contributed by atoms with Gasteiger partial charge in [0, 0.05) is 12.0 Å². The first kappa shape index (κ1) is 11.4. The van der Waals surface area contributed by atoms with Crippen LogP contribution in [0, 0.1) is 5.92 Å². The number of hydrogen-bond donors (Lipinski definition) is 1. The summed E-state index contributed by atoms with van der Waals surface area (Å²) in [5.74, 6) is 0.0794. The van der Waals surface area contributed by atoms with Crippen LogP contribution in [0.2, 0.25) is 0 Å². The second-order valence-corrected chi connectivity index (χ2v) is 3.13. The van der Waals surface area contributed by atoms with Gasteiger partial charge >= 0.3 is 0 Å². The van der Waals surface area contributed by atoms with Crippen molar-refractivity contribution in [2.75, 3.05) is 0 Å². The number of hydrogen-bond acceptors (Lipinski definition) is 2. The molecule has 0 amide bonds. The average Bonchev–Trinajstić information content (AvgIpc) is 2.12. The van der Waals surface area contributed by atoms with E-state index in [2.05, 4.69) is 6.58 Å². The molecule has 2 nitrogen and oxygen atoms in total. The van der Waals surface area contributed by atoms with Gasteiger partial charge in [0.25, 0.3) is 0 Å². The summed E-state index contributed by atoms with van der Waals surface area (Å²) in [5, 5.41) is 9.57. The highest BCUT2D eigenvalue weighted by atomic mass is 16.3. The zero-order valence-corrected chi connectivity index (χ0v) is 8.13. The molecule has 12 heavy (non-hydrogen) atoms. The number of aliphatic hydroxyl groups excluding tert-OH is 1. The van der Waals surface area contributed by atoms with E-state index in [0.29, 0.717) is 12.0 Å². The monoisotopic (exact) mass is 170 g/mol. The van der Waals surface area contributed by atoms with E-state index >= 15 is 0 Å². The van der Waals surface area contributed by atoms with Gasteiger partial charge in [-0.2, -0.15) is 0 Å². The number of ketones is 1. The van der Waals surface area contributed by atoms with Gasteiger partial charge in [-0.05, 0) is 5.92 Å². The van der Waals surface area contributed by atoms with Gasteiger partial charge in [0.2, 0.25) is 0 Å². The first-order valence-electron chi connectivity index (χ1n) is 4.44. The molecule has 2 heteroatoms. The SMILES string of the molecule is C=C(C(=O)CC)C(O)[C@@H](C)CC. The van der Waals surface area contributed by atoms with Gasteiger partial charge in [0.15, 0.2) is 5.78 Å². The second kappa shape index (κ2) is 5.09. The van der Waals surface area contributed by atoms with E-state index in [-0.39, 0.29) is 11.7 Å². The molecule has 0 aromatic heterocycles. The van der Waals surface area contributed by atoms with Gasteiger partial charge in [-0.3, -0.25) is 4.79 Å². The van der Waals surface area contributed by atoms with Crippen LogP contribution in [-0.2, 0) is 4.79 Å². The normalized spacial score (nSPS) is 15.3. The number of aliphatic hydroxyl groups is 1. The summed E-state index contributed by atoms with van der Waals surface area (Å²) >= 11 is 0. The summed E-state index contributed by atoms with van der Waals surface area (Å²) in [4.78, 5) is 11.1. The molecule has 0 spiro atoms. The van der Waals surface area contributed by atoms with Gasteiger partial charge in [0.1, 0.15) is 0 Å². The maximum atomic E-state index is 11.1. The second-order valence-electron chi connectivity index (χ2n) is 3.13. The van der Waals surface area contributed by atoms with Crippen molar-refractivity contribution in [2.24, 2.45) is 5.92 Å². The highest BCUT2D eigenvalue weighted by molar-refractivity contribution is 5.95. The predicted octanol–water partition coefficient (Wildman–Crippen LogP) is 1.93. The fraction of sp³-hybridized carbons (Fsp3) is 0.700. The number of Topliss-reactive ketones (excluding diaryl/α,β-unsaturated/α-hetero) is 1. The number of rotatable bonds is 5. The summed E-state index contributed by atoms with van der Waals surface area (Å²) in [6, 6.07) is 0. The molecule has 1 N–H and O–H groups in total. The highest BCUT2D eigenvalue weighted by Crippen LogP contribution is 2.15. The molecule has 0 aromatic rings. The molecule has 70 valence electrons. The number of carbonyl (C=O) groups excluding carboxylic acids is 1. The van der Waals surface area contributed by atoms with E-state index in [9.17, 15) is 9.90 Å². The fourth-order valence-corrected chi connectivity index (χ4v) is 0.959. The largest absolute Gasteiger partial charge is 0.388 e. The molecule has 0 aliphatic heterocycles. The molecule has 1 unspecified atom stereocenters. The van der Waals surface area contributed by atoms with Crippen molar-refractivity contribution in [3.63, 3.8) is 0 Å². The number of carbonyl (C=O) groups is 1. The Kier molecular flexibility index (Phi) is 4.83. The quantitative estimate of drug-likeness (QED) is 0.640. The van der Waals surface area contributed by atoms with Crippen LogP contribution in [0.1, 0.15) is 33.6 Å². The third-order valence-electron chi connectivity index (χ3n) is 2.22. The predicted molar refractivity (Wildman–Crippen MR) is 49.9 cm³/mol. The third-order valence-corrected chi connectivity index (χ3v) is 2.22. The topological polar surface area (TPSA) is 37.3 Å². The molecule has 0 aliphatic rings. The zero-order valence-electron chi connectivity index (χ0n) is 8.13. The molecule has 0 bridgehead atoms. The van der Waals surface area contributed by atoms with E-state index in [1.54, 1.807) is 6.92 Å². The smallest absolute Gasteiger partial charge is 0.160 e. The van der Waals surface area contributed by atoms with Crippen LogP contribution in [0.5, 0.6) is 0 Å². The summed E-state index contributed by atoms with van der Waals surface area (Å²) in [6.07, 6.45) is 0.617. The molecule has 0 aliphatic carbocycles. The van der Waals surface area contributed by atoms with Crippen molar-refractivity contribution < 1.29 is 9.90 Å². The lowest BCUT2D eigenvalue weighted by Gasteiger charge is -2.18. The summed E-state index contributed by atoms with van der Waals surface area (Å²) in [7, 11) is 0. The zero-order chi connectivity index (χ0) is 9.72. The van der Waals surface area contributed by atoms with E-state index in [1.165, 1.54) is 0 Å². The highest BCUT2D eigenvalue weighted by Gasteiger charge is 2.19. The van der Waals surface area contributed by atoms with Gasteiger partial charge in [-0.15, -0.1) is 0 Å². The van der Waals surface area contributed by atoms with Crippen molar-refractivity contribution in [3.8, 4) is 0 Å². The molecule has 0 heterocycles. The van der Waals surface area contributed by atoms with Crippen LogP contribution in [-0.4, -0.2) is 17.0 Å². The van der Waals surface area contributed by atoms with E-state index < -0.39 is 6.10 Å². The first-order valence-corrected chi connectivity index (χ1v) is 4.44. The third kappa shape index (κ3) is 2.78. The lowest BCUT2D eigenvalue weighted by atomic mass is 9.93. The van der Waals surface area contributed by atoms with Gasteiger partial charge in [-0.25, -0.2) is 0 Å². The average molecular weight is 170 g/mol. The Balaban J connectivity index is 4.19. The minimum atomic E-state index is -0.664. The van der Waals surface area contributed by atoms with Crippen LogP contribution in [0.4, 0.5) is 0 Å². The molecule has 0 radical (unpaired) electrons. The Morgan fingerprint density at radius 3 is 2.33 bits per heavy atom. The maximum absolute atomic E-state index is 11.1. The Morgan fingerprint density at radius 1 is 1.50 bits per heavy atom. The Bertz CT molecular complexity index is 173. The van der Waals surface area contributed by atoms with Gasteiger partial charge in [0.05, 0.1) is 6.10 Å². The Morgan fingerprint density at radius 2 is 2.00 bits per heavy atom. The van der Waals surface area contributed by atoms with Crippen molar-refractivity contribution in [3.05, 3.63) is 12.2 Å². The summed E-state index contributed by atoms with van der Waals surface area (Å²) in [5.41, 5.74) is 0.354. The van der Waals surface area contributed by atoms with Gasteiger partial charge < -0.3 is 5.11 Å². The van der Waals surface area contributed by atoms with Crippen molar-refractivity contribution in [2.45, 2.75) is 39.7 Å². The van der Waals surface area contributed by atoms with Crippen LogP contribution < -0.4 is 0 Å². The Labute approximate surface area is 74.3 Å². The van der Waals surface area contributed by atoms with E-state index in [4.69, 9.17) is 0 Å². The fourth-order valence-electron chi connectivity index (χ4n) is 0.959. The molecule has 0 saturated carbocycles. The molecule has 0 fully saturated rings. The van der Waals surface area contributed by atoms with Crippen molar-refractivity contribution >= 4 is 5.78 Å². The van der Waals surface area contributed by atoms with E-state index in [1.807, 2.05) is 13.8 Å². The minimum absolute atomic E-state index is 0.0391. The molecule has 0 aromatic carbocycles. The van der Waals surface area contributed by atoms with Crippen molar-refractivity contribution in [1.29, 1.82) is 0 Å². The van der Waals surface area contributed by atoms with Crippen LogP contribution in [0.3, 0.4) is 0 Å². The van der Waals surface area contributed by atoms with Crippen LogP contribution in [0.15, 0.2) is 12.2 Å².